The van der Waals surface area contributed by atoms with Gasteiger partial charge in [-0.2, -0.15) is 0 Å². The van der Waals surface area contributed by atoms with Crippen molar-refractivity contribution in [2.45, 2.75) is 0 Å². The molecule has 6 nitrogen and oxygen atoms in total. The number of aryl methyl sites for hydroxylation is 2. The summed E-state index contributed by atoms with van der Waals surface area (Å²) in [4.78, 5) is 29.8. The van der Waals surface area contributed by atoms with Gasteiger partial charge in [0.2, 0.25) is 0 Å². The zero-order chi connectivity index (χ0) is 19.6. The molecular weight excluding hydrogens is 352 g/mol. The monoisotopic (exact) mass is 370 g/mol. The summed E-state index contributed by atoms with van der Waals surface area (Å²) in [5, 5.41) is 4.46. The highest BCUT2D eigenvalue weighted by molar-refractivity contribution is 6.13. The average Bonchev–Trinajstić information content (AvgIpc) is 3.07. The second-order valence-corrected chi connectivity index (χ2v) is 7.06. The third-order valence-electron chi connectivity index (χ3n) is 5.48. The maximum absolute atomic E-state index is 12.7. The molecule has 0 bridgehead atoms. The molecule has 2 aromatic heterocycles. The van der Waals surface area contributed by atoms with Gasteiger partial charge in [0.15, 0.2) is 11.2 Å². The Morgan fingerprint density at radius 3 is 2.14 bits per heavy atom. The van der Waals surface area contributed by atoms with Crippen LogP contribution in [-0.2, 0) is 21.1 Å². The Kier molecular flexibility index (Phi) is 3.34. The summed E-state index contributed by atoms with van der Waals surface area (Å²) in [6.07, 6.45) is 0. The number of hydrogen-bond acceptors (Lipinski definition) is 3. The molecule has 28 heavy (non-hydrogen) atoms. The van der Waals surface area contributed by atoms with E-state index in [4.69, 9.17) is 4.98 Å². The predicted molar refractivity (Wildman–Crippen MR) is 112 cm³/mol. The Morgan fingerprint density at radius 1 is 0.750 bits per heavy atom. The first-order chi connectivity index (χ1) is 13.5. The molecule has 0 spiro atoms. The molecule has 5 aromatic rings. The van der Waals surface area contributed by atoms with Crippen LogP contribution in [-0.4, -0.2) is 18.7 Å². The van der Waals surface area contributed by atoms with E-state index in [9.17, 15) is 9.59 Å². The molecule has 0 amide bonds. The minimum absolute atomic E-state index is 0.343. The summed E-state index contributed by atoms with van der Waals surface area (Å²) in [7, 11) is 4.95. The third-order valence-corrected chi connectivity index (χ3v) is 5.48. The fourth-order valence-electron chi connectivity index (χ4n) is 4.00. The van der Waals surface area contributed by atoms with Crippen molar-refractivity contribution in [2.75, 3.05) is 0 Å². The Morgan fingerprint density at radius 2 is 1.39 bits per heavy atom. The van der Waals surface area contributed by atoms with Crippen LogP contribution in [0.1, 0.15) is 0 Å². The molecular formula is C22H18N4O2. The zero-order valence-electron chi connectivity index (χ0n) is 15.8. The summed E-state index contributed by atoms with van der Waals surface area (Å²) in [6.45, 7) is 0. The SMILES string of the molecule is Cn1c(=O)c2c(nc(-c3cc4ccccc4c4ccccc34)n2C)n(C)c1=O. The molecule has 0 atom stereocenters. The van der Waals surface area contributed by atoms with Gasteiger partial charge in [-0.1, -0.05) is 48.5 Å². The molecule has 6 heteroatoms. The van der Waals surface area contributed by atoms with Crippen molar-refractivity contribution in [1.29, 1.82) is 0 Å². The Labute approximate surface area is 159 Å². The quantitative estimate of drug-likeness (QED) is 0.426. The van der Waals surface area contributed by atoms with Crippen molar-refractivity contribution in [3.05, 3.63) is 75.4 Å². The Bertz CT molecular complexity index is 1540. The van der Waals surface area contributed by atoms with Gasteiger partial charge in [0, 0.05) is 26.7 Å². The van der Waals surface area contributed by atoms with Crippen molar-refractivity contribution in [2.24, 2.45) is 21.1 Å². The number of imidazole rings is 1. The van der Waals surface area contributed by atoms with E-state index in [2.05, 4.69) is 30.3 Å². The number of benzene rings is 3. The molecule has 0 aliphatic heterocycles. The van der Waals surface area contributed by atoms with Crippen molar-refractivity contribution in [3.8, 4) is 11.4 Å². The van der Waals surface area contributed by atoms with Gasteiger partial charge in [-0.3, -0.25) is 13.9 Å². The van der Waals surface area contributed by atoms with Crippen LogP contribution in [0.5, 0.6) is 0 Å². The smallest absolute Gasteiger partial charge is 0.321 e. The van der Waals surface area contributed by atoms with E-state index < -0.39 is 0 Å². The average molecular weight is 370 g/mol. The van der Waals surface area contributed by atoms with Crippen molar-refractivity contribution >= 4 is 32.7 Å². The van der Waals surface area contributed by atoms with Crippen LogP contribution >= 0.6 is 0 Å². The first-order valence-electron chi connectivity index (χ1n) is 9.02. The van der Waals surface area contributed by atoms with Gasteiger partial charge in [-0.15, -0.1) is 0 Å². The molecule has 0 N–H and O–H groups in total. The van der Waals surface area contributed by atoms with Crippen molar-refractivity contribution < 1.29 is 0 Å². The minimum Gasteiger partial charge on any atom is -0.321 e. The van der Waals surface area contributed by atoms with Crippen LogP contribution in [0.3, 0.4) is 0 Å². The van der Waals surface area contributed by atoms with Gasteiger partial charge in [-0.25, -0.2) is 9.78 Å². The molecule has 0 fully saturated rings. The molecule has 0 radical (unpaired) electrons. The van der Waals surface area contributed by atoms with E-state index in [1.807, 2.05) is 31.3 Å². The number of rotatable bonds is 1. The van der Waals surface area contributed by atoms with Crippen LogP contribution < -0.4 is 11.2 Å². The van der Waals surface area contributed by atoms with Crippen LogP contribution in [0.25, 0.3) is 44.1 Å². The molecule has 0 aliphatic carbocycles. The van der Waals surface area contributed by atoms with E-state index in [1.165, 1.54) is 17.0 Å². The van der Waals surface area contributed by atoms with E-state index in [-0.39, 0.29) is 11.2 Å². The topological polar surface area (TPSA) is 61.8 Å². The lowest BCUT2D eigenvalue weighted by Gasteiger charge is -2.10. The molecule has 0 aliphatic rings. The maximum Gasteiger partial charge on any atom is 0.332 e. The van der Waals surface area contributed by atoms with Gasteiger partial charge < -0.3 is 4.57 Å². The lowest BCUT2D eigenvalue weighted by atomic mass is 9.97. The molecule has 0 saturated carbocycles. The second kappa shape index (κ2) is 5.66. The predicted octanol–water partition coefficient (Wildman–Crippen LogP) is 2.94. The van der Waals surface area contributed by atoms with Crippen LogP contribution in [0.4, 0.5) is 0 Å². The van der Waals surface area contributed by atoms with Crippen molar-refractivity contribution in [1.82, 2.24) is 18.7 Å². The fraction of sp³-hybridized carbons (Fsp3) is 0.136. The Hall–Kier alpha value is -3.67. The van der Waals surface area contributed by atoms with E-state index in [1.54, 1.807) is 11.6 Å². The lowest BCUT2D eigenvalue weighted by molar-refractivity contribution is 0.705. The second-order valence-electron chi connectivity index (χ2n) is 7.06. The number of nitrogens with zero attached hydrogens (tertiary/aromatic N) is 4. The summed E-state index contributed by atoms with van der Waals surface area (Å²) in [5.41, 5.74) is 1.01. The fourth-order valence-corrected chi connectivity index (χ4v) is 4.00. The Balaban J connectivity index is 1.99. The highest BCUT2D eigenvalue weighted by atomic mass is 16.2. The molecule has 0 unspecified atom stereocenters. The zero-order valence-corrected chi connectivity index (χ0v) is 15.8. The highest BCUT2D eigenvalue weighted by Gasteiger charge is 2.19. The number of aromatic nitrogens is 4. The van der Waals surface area contributed by atoms with E-state index >= 15 is 0 Å². The van der Waals surface area contributed by atoms with Gasteiger partial charge in [0.1, 0.15) is 5.82 Å². The van der Waals surface area contributed by atoms with Gasteiger partial charge in [0.05, 0.1) is 0 Å². The molecule has 138 valence electrons. The summed E-state index contributed by atoms with van der Waals surface area (Å²) in [5.74, 6) is 0.662. The highest BCUT2D eigenvalue weighted by Crippen LogP contribution is 2.34. The van der Waals surface area contributed by atoms with Crippen LogP contribution in [0.15, 0.2) is 64.2 Å². The van der Waals surface area contributed by atoms with Crippen LogP contribution in [0.2, 0.25) is 0 Å². The molecule has 3 aromatic carbocycles. The van der Waals surface area contributed by atoms with Gasteiger partial charge >= 0.3 is 5.69 Å². The molecule has 5 rings (SSSR count). The standard InChI is InChI=1S/C22H18N4O2/c1-24-18-20(25(2)22(28)26(3)21(18)27)23-19(24)17-12-13-8-4-5-9-14(13)15-10-6-7-11-16(15)17/h4-12H,1-3H3. The van der Waals surface area contributed by atoms with Crippen molar-refractivity contribution in [3.63, 3.8) is 0 Å². The number of fused-ring (bicyclic) bond motifs is 4. The van der Waals surface area contributed by atoms with Gasteiger partial charge in [0.25, 0.3) is 5.56 Å². The van der Waals surface area contributed by atoms with Gasteiger partial charge in [-0.05, 0) is 27.6 Å². The third kappa shape index (κ3) is 2.05. The lowest BCUT2D eigenvalue weighted by Crippen LogP contribution is -2.37. The summed E-state index contributed by atoms with van der Waals surface area (Å²) < 4.78 is 4.32. The summed E-state index contributed by atoms with van der Waals surface area (Å²) >= 11 is 0. The molecule has 2 heterocycles. The summed E-state index contributed by atoms with van der Waals surface area (Å²) in [6, 6.07) is 18.5. The minimum atomic E-state index is -0.384. The maximum atomic E-state index is 12.7. The van der Waals surface area contributed by atoms with E-state index in [0.29, 0.717) is 17.0 Å². The first-order valence-corrected chi connectivity index (χ1v) is 9.02. The molecule has 0 saturated heterocycles. The van der Waals surface area contributed by atoms with Crippen LogP contribution in [0, 0.1) is 0 Å². The first kappa shape index (κ1) is 16.5. The normalized spacial score (nSPS) is 11.7. The number of hydrogen-bond donors (Lipinski definition) is 0. The van der Waals surface area contributed by atoms with E-state index in [0.717, 1.165) is 26.3 Å². The largest absolute Gasteiger partial charge is 0.332 e.